The van der Waals surface area contributed by atoms with Gasteiger partial charge in [0, 0.05) is 32.3 Å². The number of hydrogen-bond acceptors (Lipinski definition) is 4. The minimum atomic E-state index is -0.261. The average Bonchev–Trinajstić information content (AvgIpc) is 2.97. The second-order valence-corrected chi connectivity index (χ2v) is 5.60. The fourth-order valence-corrected chi connectivity index (χ4v) is 3.55. The summed E-state index contributed by atoms with van der Waals surface area (Å²) in [6, 6.07) is 0.0185. The first-order chi connectivity index (χ1) is 8.11. The molecule has 6 heteroatoms. The van der Waals surface area contributed by atoms with Crippen LogP contribution >= 0.6 is 11.8 Å². The zero-order valence-electron chi connectivity index (χ0n) is 10.3. The smallest absolute Gasteiger partial charge is 0.246 e. The van der Waals surface area contributed by atoms with Crippen molar-refractivity contribution >= 4 is 23.6 Å². The second kappa shape index (κ2) is 5.27. The lowest BCUT2D eigenvalue weighted by molar-refractivity contribution is -0.142. The molecule has 0 aromatic rings. The van der Waals surface area contributed by atoms with E-state index >= 15 is 0 Å². The van der Waals surface area contributed by atoms with Crippen LogP contribution in [0.15, 0.2) is 0 Å². The van der Waals surface area contributed by atoms with E-state index in [0.29, 0.717) is 5.88 Å². The third kappa shape index (κ3) is 2.57. The van der Waals surface area contributed by atoms with Gasteiger partial charge in [-0.05, 0) is 13.0 Å². The summed E-state index contributed by atoms with van der Waals surface area (Å²) >= 11 is 1.65. The number of likely N-dealkylation sites (N-methyl/N-ethyl adjacent to an activating group) is 1. The second-order valence-electron chi connectivity index (χ2n) is 4.60. The van der Waals surface area contributed by atoms with Gasteiger partial charge in [-0.2, -0.15) is 0 Å². The Kier molecular flexibility index (Phi) is 3.93. The van der Waals surface area contributed by atoms with Gasteiger partial charge >= 0.3 is 0 Å². The minimum Gasteiger partial charge on any atom is -0.340 e. The maximum atomic E-state index is 12.3. The molecule has 2 amide bonds. The number of amides is 2. The maximum absolute atomic E-state index is 12.3. The highest BCUT2D eigenvalue weighted by Gasteiger charge is 2.36. The molecule has 17 heavy (non-hydrogen) atoms. The Hall–Kier alpha value is -0.750. The molecule has 2 atom stereocenters. The van der Waals surface area contributed by atoms with E-state index in [0.717, 1.165) is 25.3 Å². The summed E-state index contributed by atoms with van der Waals surface area (Å²) in [5.41, 5.74) is 0. The van der Waals surface area contributed by atoms with Crippen molar-refractivity contribution in [1.82, 2.24) is 15.1 Å². The van der Waals surface area contributed by atoms with Crippen molar-refractivity contribution in [1.29, 1.82) is 0 Å². The molecule has 0 aliphatic carbocycles. The van der Waals surface area contributed by atoms with Crippen LogP contribution in [0.1, 0.15) is 13.3 Å². The number of thioether (sulfide) groups is 1. The molecule has 2 saturated heterocycles. The highest BCUT2D eigenvalue weighted by molar-refractivity contribution is 7.99. The Bertz CT molecular complexity index is 318. The number of nitrogens with one attached hydrogen (secondary N) is 1. The van der Waals surface area contributed by atoms with E-state index in [2.05, 4.69) is 5.32 Å². The van der Waals surface area contributed by atoms with Gasteiger partial charge in [0.2, 0.25) is 11.8 Å². The van der Waals surface area contributed by atoms with Gasteiger partial charge < -0.3 is 15.1 Å². The topological polar surface area (TPSA) is 52.7 Å². The molecular formula is C11H19N3O2S. The standard InChI is InChI=1S/C11H19N3O2S/c1-8(15)14-7-17-6-10(14)11(16)13(2)9-3-4-12-5-9/h9-10,12H,3-7H2,1-2H3/t9-,10-/m0/s1. The summed E-state index contributed by atoms with van der Waals surface area (Å²) in [5, 5.41) is 3.25. The third-order valence-electron chi connectivity index (χ3n) is 3.50. The number of rotatable bonds is 2. The van der Waals surface area contributed by atoms with Gasteiger partial charge in [-0.3, -0.25) is 9.59 Å². The summed E-state index contributed by atoms with van der Waals surface area (Å²) < 4.78 is 0. The zero-order valence-corrected chi connectivity index (χ0v) is 11.1. The highest BCUT2D eigenvalue weighted by atomic mass is 32.2. The van der Waals surface area contributed by atoms with Crippen molar-refractivity contribution < 1.29 is 9.59 Å². The zero-order chi connectivity index (χ0) is 12.4. The summed E-state index contributed by atoms with van der Waals surface area (Å²) in [5.74, 6) is 1.44. The molecule has 2 aliphatic rings. The van der Waals surface area contributed by atoms with Crippen molar-refractivity contribution in [3.05, 3.63) is 0 Å². The van der Waals surface area contributed by atoms with Crippen LogP contribution in [0.3, 0.4) is 0 Å². The third-order valence-corrected chi connectivity index (χ3v) is 4.51. The first kappa shape index (κ1) is 12.7. The van der Waals surface area contributed by atoms with Crippen LogP contribution in [0.2, 0.25) is 0 Å². The first-order valence-electron chi connectivity index (χ1n) is 5.93. The first-order valence-corrected chi connectivity index (χ1v) is 7.09. The summed E-state index contributed by atoms with van der Waals surface area (Å²) in [4.78, 5) is 27.3. The molecule has 2 rings (SSSR count). The predicted molar refractivity (Wildman–Crippen MR) is 67.7 cm³/mol. The molecule has 0 saturated carbocycles. The van der Waals surface area contributed by atoms with Gasteiger partial charge in [-0.15, -0.1) is 11.8 Å². The van der Waals surface area contributed by atoms with Crippen LogP contribution in [0, 0.1) is 0 Å². The Balaban J connectivity index is 2.00. The van der Waals surface area contributed by atoms with Crippen LogP contribution in [0.25, 0.3) is 0 Å². The lowest BCUT2D eigenvalue weighted by Crippen LogP contribution is -2.50. The van der Waals surface area contributed by atoms with Crippen molar-refractivity contribution in [2.75, 3.05) is 31.8 Å². The van der Waals surface area contributed by atoms with E-state index < -0.39 is 0 Å². The lowest BCUT2D eigenvalue weighted by atomic mass is 10.2. The van der Waals surface area contributed by atoms with Crippen LogP contribution in [0.5, 0.6) is 0 Å². The van der Waals surface area contributed by atoms with Gasteiger partial charge in [0.1, 0.15) is 6.04 Å². The molecule has 0 unspecified atom stereocenters. The normalized spacial score (nSPS) is 28.5. The predicted octanol–water partition coefficient (Wildman–Crippen LogP) is -0.272. The molecule has 0 radical (unpaired) electrons. The Morgan fingerprint density at radius 2 is 2.24 bits per heavy atom. The van der Waals surface area contributed by atoms with Gasteiger partial charge in [0.25, 0.3) is 0 Å². The fourth-order valence-electron chi connectivity index (χ4n) is 2.34. The molecule has 5 nitrogen and oxygen atoms in total. The van der Waals surface area contributed by atoms with Crippen molar-refractivity contribution in [2.45, 2.75) is 25.4 Å². The van der Waals surface area contributed by atoms with E-state index in [1.54, 1.807) is 16.7 Å². The molecule has 2 fully saturated rings. The average molecular weight is 257 g/mol. The molecule has 2 heterocycles. The van der Waals surface area contributed by atoms with E-state index in [1.165, 1.54) is 6.92 Å². The summed E-state index contributed by atoms with van der Waals surface area (Å²) in [6.07, 6.45) is 1.00. The van der Waals surface area contributed by atoms with Crippen LogP contribution < -0.4 is 5.32 Å². The monoisotopic (exact) mass is 257 g/mol. The van der Waals surface area contributed by atoms with Gasteiger partial charge in [-0.25, -0.2) is 0 Å². The van der Waals surface area contributed by atoms with E-state index in [9.17, 15) is 9.59 Å². The van der Waals surface area contributed by atoms with Crippen LogP contribution in [0.4, 0.5) is 0 Å². The molecule has 0 spiro atoms. The molecule has 0 aromatic carbocycles. The molecule has 2 aliphatic heterocycles. The number of carbonyl (C=O) groups excluding carboxylic acids is 2. The fraction of sp³-hybridized carbons (Fsp3) is 0.818. The van der Waals surface area contributed by atoms with E-state index in [4.69, 9.17) is 0 Å². The van der Waals surface area contributed by atoms with Crippen molar-refractivity contribution in [2.24, 2.45) is 0 Å². The Morgan fingerprint density at radius 3 is 2.82 bits per heavy atom. The number of carbonyl (C=O) groups is 2. The van der Waals surface area contributed by atoms with Crippen LogP contribution in [-0.2, 0) is 9.59 Å². The quantitative estimate of drug-likeness (QED) is 0.740. The molecule has 1 N–H and O–H groups in total. The van der Waals surface area contributed by atoms with Crippen molar-refractivity contribution in [3.63, 3.8) is 0 Å². The molecule has 96 valence electrons. The molecular weight excluding hydrogens is 238 g/mol. The van der Waals surface area contributed by atoms with Crippen LogP contribution in [-0.4, -0.2) is 65.5 Å². The largest absolute Gasteiger partial charge is 0.340 e. The number of hydrogen-bond donors (Lipinski definition) is 1. The van der Waals surface area contributed by atoms with E-state index in [-0.39, 0.29) is 23.9 Å². The van der Waals surface area contributed by atoms with Gasteiger partial charge in [0.15, 0.2) is 0 Å². The van der Waals surface area contributed by atoms with E-state index in [1.807, 2.05) is 11.9 Å². The molecule has 0 aromatic heterocycles. The molecule has 0 bridgehead atoms. The summed E-state index contributed by atoms with van der Waals surface area (Å²) in [7, 11) is 1.85. The SMILES string of the molecule is CC(=O)N1CSC[C@H]1C(=O)N(C)[C@H]1CCNC1. The van der Waals surface area contributed by atoms with Gasteiger partial charge in [0.05, 0.1) is 5.88 Å². The lowest BCUT2D eigenvalue weighted by Gasteiger charge is -2.30. The number of nitrogens with zero attached hydrogens (tertiary/aromatic N) is 2. The Morgan fingerprint density at radius 1 is 1.47 bits per heavy atom. The Labute approximate surface area is 106 Å². The maximum Gasteiger partial charge on any atom is 0.246 e. The highest BCUT2D eigenvalue weighted by Crippen LogP contribution is 2.23. The minimum absolute atomic E-state index is 0.00806. The van der Waals surface area contributed by atoms with Gasteiger partial charge in [-0.1, -0.05) is 0 Å². The van der Waals surface area contributed by atoms with Crippen molar-refractivity contribution in [3.8, 4) is 0 Å². The summed E-state index contributed by atoms with van der Waals surface area (Å²) in [6.45, 7) is 3.36.